The molecule has 0 aliphatic rings. The molecular weight excluding hydrogens is 360 g/mol. The SMILES string of the molecule is COc1ccc(NC(=O)COc2cc(C)nc3ccc(OC)cc23)c(OC)c1. The summed E-state index contributed by atoms with van der Waals surface area (Å²) in [5, 5.41) is 3.56. The predicted octanol–water partition coefficient (Wildman–Crippen LogP) is 3.59. The van der Waals surface area contributed by atoms with Gasteiger partial charge < -0.3 is 24.3 Å². The minimum Gasteiger partial charge on any atom is -0.497 e. The quantitative estimate of drug-likeness (QED) is 0.673. The van der Waals surface area contributed by atoms with Crippen LogP contribution in [0.1, 0.15) is 5.69 Å². The first kappa shape index (κ1) is 19.3. The summed E-state index contributed by atoms with van der Waals surface area (Å²) in [7, 11) is 4.69. The van der Waals surface area contributed by atoms with E-state index in [-0.39, 0.29) is 12.5 Å². The van der Waals surface area contributed by atoms with Crippen molar-refractivity contribution in [2.24, 2.45) is 0 Å². The number of benzene rings is 2. The van der Waals surface area contributed by atoms with E-state index in [2.05, 4.69) is 10.3 Å². The number of rotatable bonds is 7. The van der Waals surface area contributed by atoms with Gasteiger partial charge >= 0.3 is 0 Å². The zero-order valence-corrected chi connectivity index (χ0v) is 16.2. The second-order valence-electron chi connectivity index (χ2n) is 6.05. The molecule has 0 saturated heterocycles. The van der Waals surface area contributed by atoms with Crippen LogP contribution in [-0.2, 0) is 4.79 Å². The highest BCUT2D eigenvalue weighted by Gasteiger charge is 2.12. The fraction of sp³-hybridized carbons (Fsp3) is 0.238. The topological polar surface area (TPSA) is 78.9 Å². The van der Waals surface area contributed by atoms with Crippen molar-refractivity contribution in [2.75, 3.05) is 33.3 Å². The molecule has 0 bridgehead atoms. The summed E-state index contributed by atoms with van der Waals surface area (Å²) in [4.78, 5) is 16.9. The average molecular weight is 382 g/mol. The highest BCUT2D eigenvalue weighted by molar-refractivity contribution is 5.94. The van der Waals surface area contributed by atoms with Crippen molar-refractivity contribution in [2.45, 2.75) is 6.92 Å². The van der Waals surface area contributed by atoms with E-state index >= 15 is 0 Å². The Morgan fingerprint density at radius 2 is 1.64 bits per heavy atom. The number of ether oxygens (including phenoxy) is 4. The molecule has 0 spiro atoms. The van der Waals surface area contributed by atoms with E-state index in [1.54, 1.807) is 38.5 Å². The second kappa shape index (κ2) is 8.47. The van der Waals surface area contributed by atoms with Crippen LogP contribution in [0.3, 0.4) is 0 Å². The summed E-state index contributed by atoms with van der Waals surface area (Å²) >= 11 is 0. The Morgan fingerprint density at radius 1 is 0.929 bits per heavy atom. The Morgan fingerprint density at radius 3 is 2.36 bits per heavy atom. The van der Waals surface area contributed by atoms with Gasteiger partial charge in [0.05, 0.1) is 32.5 Å². The molecule has 0 radical (unpaired) electrons. The molecule has 0 fully saturated rings. The number of pyridine rings is 1. The van der Waals surface area contributed by atoms with Gasteiger partial charge in [-0.15, -0.1) is 0 Å². The van der Waals surface area contributed by atoms with Crippen LogP contribution in [0.25, 0.3) is 10.9 Å². The van der Waals surface area contributed by atoms with Gasteiger partial charge in [0.25, 0.3) is 5.91 Å². The highest BCUT2D eigenvalue weighted by Crippen LogP contribution is 2.30. The molecule has 1 N–H and O–H groups in total. The van der Waals surface area contributed by atoms with E-state index < -0.39 is 0 Å². The zero-order chi connectivity index (χ0) is 20.1. The van der Waals surface area contributed by atoms with Crippen LogP contribution in [0.4, 0.5) is 5.69 Å². The molecule has 0 unspecified atom stereocenters. The minimum absolute atomic E-state index is 0.162. The van der Waals surface area contributed by atoms with Crippen LogP contribution >= 0.6 is 0 Å². The Hall–Kier alpha value is -3.48. The van der Waals surface area contributed by atoms with Crippen LogP contribution in [-0.4, -0.2) is 38.8 Å². The standard InChI is InChI=1S/C21H22N2O5/c1-13-9-19(16-10-14(25-2)5-7-17(16)22-13)28-12-21(24)23-18-8-6-15(26-3)11-20(18)27-4/h5-11H,12H2,1-4H3,(H,23,24). The number of anilines is 1. The van der Waals surface area contributed by atoms with Gasteiger partial charge in [0, 0.05) is 23.2 Å². The molecule has 146 valence electrons. The number of aryl methyl sites for hydroxylation is 1. The van der Waals surface area contributed by atoms with E-state index in [9.17, 15) is 4.79 Å². The van der Waals surface area contributed by atoms with Gasteiger partial charge in [0.15, 0.2) is 6.61 Å². The van der Waals surface area contributed by atoms with Crippen LogP contribution in [0.2, 0.25) is 0 Å². The van der Waals surface area contributed by atoms with Crippen LogP contribution in [0.5, 0.6) is 23.0 Å². The zero-order valence-electron chi connectivity index (χ0n) is 16.2. The maximum atomic E-state index is 12.4. The molecular formula is C21H22N2O5. The van der Waals surface area contributed by atoms with Crippen molar-refractivity contribution in [3.05, 3.63) is 48.2 Å². The van der Waals surface area contributed by atoms with Crippen molar-refractivity contribution < 1.29 is 23.7 Å². The van der Waals surface area contributed by atoms with Gasteiger partial charge in [-0.05, 0) is 37.3 Å². The molecule has 3 aromatic rings. The highest BCUT2D eigenvalue weighted by atomic mass is 16.5. The van der Waals surface area contributed by atoms with Crippen LogP contribution in [0, 0.1) is 6.92 Å². The number of aromatic nitrogens is 1. The van der Waals surface area contributed by atoms with Crippen LogP contribution in [0.15, 0.2) is 42.5 Å². The largest absolute Gasteiger partial charge is 0.497 e. The normalized spacial score (nSPS) is 10.4. The van der Waals surface area contributed by atoms with Crippen LogP contribution < -0.4 is 24.3 Å². The number of carbonyl (C=O) groups is 1. The van der Waals surface area contributed by atoms with E-state index in [4.69, 9.17) is 18.9 Å². The molecule has 0 aliphatic heterocycles. The number of amides is 1. The summed E-state index contributed by atoms with van der Waals surface area (Å²) in [6.45, 7) is 1.71. The fourth-order valence-electron chi connectivity index (χ4n) is 2.78. The molecule has 7 nitrogen and oxygen atoms in total. The molecule has 1 heterocycles. The first-order chi connectivity index (χ1) is 13.5. The Bertz CT molecular complexity index is 1000. The Balaban J connectivity index is 1.76. The molecule has 2 aromatic carbocycles. The summed E-state index contributed by atoms with van der Waals surface area (Å²) in [5.41, 5.74) is 2.10. The third-order valence-corrected chi connectivity index (χ3v) is 4.15. The first-order valence-electron chi connectivity index (χ1n) is 8.64. The van der Waals surface area contributed by atoms with E-state index in [1.807, 2.05) is 25.1 Å². The Labute approximate surface area is 163 Å². The van der Waals surface area contributed by atoms with Crippen molar-refractivity contribution in [1.29, 1.82) is 0 Å². The maximum absolute atomic E-state index is 12.4. The summed E-state index contributed by atoms with van der Waals surface area (Å²) in [6, 6.07) is 12.5. The Kier molecular flexibility index (Phi) is 5.84. The van der Waals surface area contributed by atoms with Crippen molar-refractivity contribution in [3.63, 3.8) is 0 Å². The van der Waals surface area contributed by atoms with E-state index in [0.29, 0.717) is 28.7 Å². The number of carbonyl (C=O) groups excluding carboxylic acids is 1. The van der Waals surface area contributed by atoms with Crippen molar-refractivity contribution in [3.8, 4) is 23.0 Å². The van der Waals surface area contributed by atoms with E-state index in [1.165, 1.54) is 7.11 Å². The van der Waals surface area contributed by atoms with Crippen molar-refractivity contribution in [1.82, 2.24) is 4.98 Å². The summed E-state index contributed by atoms with van der Waals surface area (Å²) in [5.74, 6) is 2.09. The maximum Gasteiger partial charge on any atom is 0.262 e. The number of nitrogens with one attached hydrogen (secondary N) is 1. The molecule has 3 rings (SSSR count). The van der Waals surface area contributed by atoms with Gasteiger partial charge in [-0.3, -0.25) is 9.78 Å². The lowest BCUT2D eigenvalue weighted by atomic mass is 10.1. The number of methoxy groups -OCH3 is 3. The smallest absolute Gasteiger partial charge is 0.262 e. The second-order valence-corrected chi connectivity index (χ2v) is 6.05. The molecule has 0 atom stereocenters. The number of hydrogen-bond acceptors (Lipinski definition) is 6. The predicted molar refractivity (Wildman–Crippen MR) is 107 cm³/mol. The monoisotopic (exact) mass is 382 g/mol. The van der Waals surface area contributed by atoms with Crippen molar-refractivity contribution >= 4 is 22.5 Å². The summed E-state index contributed by atoms with van der Waals surface area (Å²) < 4.78 is 21.5. The average Bonchev–Trinajstić information content (AvgIpc) is 2.71. The lowest BCUT2D eigenvalue weighted by molar-refractivity contribution is -0.118. The molecule has 0 aliphatic carbocycles. The number of nitrogens with zero attached hydrogens (tertiary/aromatic N) is 1. The molecule has 7 heteroatoms. The molecule has 1 aromatic heterocycles. The van der Waals surface area contributed by atoms with Gasteiger partial charge in [-0.1, -0.05) is 0 Å². The number of hydrogen-bond donors (Lipinski definition) is 1. The molecule has 0 saturated carbocycles. The van der Waals surface area contributed by atoms with Gasteiger partial charge in [0.2, 0.25) is 0 Å². The number of fused-ring (bicyclic) bond motifs is 1. The van der Waals surface area contributed by atoms with Gasteiger partial charge in [-0.25, -0.2) is 0 Å². The van der Waals surface area contributed by atoms with E-state index in [0.717, 1.165) is 16.6 Å². The van der Waals surface area contributed by atoms with Gasteiger partial charge in [-0.2, -0.15) is 0 Å². The van der Waals surface area contributed by atoms with Gasteiger partial charge in [0.1, 0.15) is 23.0 Å². The third-order valence-electron chi connectivity index (χ3n) is 4.15. The first-order valence-corrected chi connectivity index (χ1v) is 8.64. The lowest BCUT2D eigenvalue weighted by Gasteiger charge is -2.13. The molecule has 1 amide bonds. The fourth-order valence-corrected chi connectivity index (χ4v) is 2.78. The summed E-state index contributed by atoms with van der Waals surface area (Å²) in [6.07, 6.45) is 0. The molecule has 28 heavy (non-hydrogen) atoms. The minimum atomic E-state index is -0.311. The third kappa shape index (κ3) is 4.25. The lowest BCUT2D eigenvalue weighted by Crippen LogP contribution is -2.20.